The van der Waals surface area contributed by atoms with Gasteiger partial charge in [-0.05, 0) is 24.4 Å². The van der Waals surface area contributed by atoms with E-state index < -0.39 is 5.97 Å². The van der Waals surface area contributed by atoms with E-state index in [2.05, 4.69) is 16.4 Å². The molecule has 2 heterocycles. The van der Waals surface area contributed by atoms with Gasteiger partial charge in [0.05, 0.1) is 11.3 Å². The average Bonchev–Trinajstić information content (AvgIpc) is 2.84. The summed E-state index contributed by atoms with van der Waals surface area (Å²) in [6.45, 7) is 2.03. The summed E-state index contributed by atoms with van der Waals surface area (Å²) in [5.41, 5.74) is 6.23. The maximum absolute atomic E-state index is 10.8. The number of nitrogen functional groups attached to an aromatic ring is 1. The van der Waals surface area contributed by atoms with Crippen LogP contribution >= 0.6 is 11.3 Å². The largest absolute Gasteiger partial charge is 0.478 e. The van der Waals surface area contributed by atoms with Crippen molar-refractivity contribution in [3.63, 3.8) is 0 Å². The van der Waals surface area contributed by atoms with E-state index in [0.29, 0.717) is 11.5 Å². The van der Waals surface area contributed by atoms with Gasteiger partial charge >= 0.3 is 5.97 Å². The van der Waals surface area contributed by atoms with E-state index in [1.54, 1.807) is 11.3 Å². The number of nitrogens with zero attached hydrogens (tertiary/aromatic N) is 1. The summed E-state index contributed by atoms with van der Waals surface area (Å²) >= 11 is 1.70. The first kappa shape index (κ1) is 13.4. The van der Waals surface area contributed by atoms with Crippen molar-refractivity contribution >= 4 is 28.8 Å². The number of nitrogens with one attached hydrogen (secondary N) is 1. The quantitative estimate of drug-likeness (QED) is 0.781. The Morgan fingerprint density at radius 1 is 1.63 bits per heavy atom. The lowest BCUT2D eigenvalue weighted by Crippen LogP contribution is -2.19. The Morgan fingerprint density at radius 2 is 2.42 bits per heavy atom. The van der Waals surface area contributed by atoms with Crippen molar-refractivity contribution in [3.05, 3.63) is 40.2 Å². The number of aromatic carboxylic acids is 1. The van der Waals surface area contributed by atoms with Crippen molar-refractivity contribution in [1.29, 1.82) is 0 Å². The Kier molecular flexibility index (Phi) is 4.01. The predicted molar refractivity (Wildman–Crippen MR) is 76.7 cm³/mol. The summed E-state index contributed by atoms with van der Waals surface area (Å²) in [5.74, 6) is -0.508. The van der Waals surface area contributed by atoms with Crippen molar-refractivity contribution < 1.29 is 9.90 Å². The van der Waals surface area contributed by atoms with Crippen molar-refractivity contribution in [2.24, 2.45) is 0 Å². The van der Waals surface area contributed by atoms with Crippen LogP contribution in [-0.2, 0) is 6.42 Å². The van der Waals surface area contributed by atoms with Crippen LogP contribution < -0.4 is 11.1 Å². The van der Waals surface area contributed by atoms with E-state index in [-0.39, 0.29) is 11.6 Å². The lowest BCUT2D eigenvalue weighted by Gasteiger charge is -2.15. The Hall–Kier alpha value is -2.08. The van der Waals surface area contributed by atoms with Crippen LogP contribution in [0.15, 0.2) is 29.8 Å². The number of hydrogen-bond donors (Lipinski definition) is 3. The molecule has 4 N–H and O–H groups in total. The van der Waals surface area contributed by atoms with Crippen LogP contribution in [0.25, 0.3) is 0 Å². The van der Waals surface area contributed by atoms with Gasteiger partial charge in [-0.25, -0.2) is 9.78 Å². The van der Waals surface area contributed by atoms with Crippen molar-refractivity contribution in [2.45, 2.75) is 19.4 Å². The molecule has 0 aliphatic heterocycles. The molecular formula is C13H15N3O2S. The average molecular weight is 277 g/mol. The molecule has 0 saturated heterocycles. The number of rotatable bonds is 5. The molecule has 0 bridgehead atoms. The maximum atomic E-state index is 10.8. The number of nitrogens with two attached hydrogens (primary N) is 1. The molecular weight excluding hydrogens is 262 g/mol. The van der Waals surface area contributed by atoms with E-state index in [0.717, 1.165) is 6.42 Å². The lowest BCUT2D eigenvalue weighted by molar-refractivity contribution is 0.0696. The smallest absolute Gasteiger partial charge is 0.337 e. The molecule has 1 unspecified atom stereocenters. The van der Waals surface area contributed by atoms with E-state index in [9.17, 15) is 4.79 Å². The molecule has 0 saturated carbocycles. The van der Waals surface area contributed by atoms with Crippen molar-refractivity contribution in [2.75, 3.05) is 11.1 Å². The Bertz CT molecular complexity index is 569. The van der Waals surface area contributed by atoms with Crippen LogP contribution in [-0.4, -0.2) is 22.1 Å². The summed E-state index contributed by atoms with van der Waals surface area (Å²) in [4.78, 5) is 16.1. The third-order valence-corrected chi connectivity index (χ3v) is 3.53. The third kappa shape index (κ3) is 3.45. The molecule has 100 valence electrons. The summed E-state index contributed by atoms with van der Waals surface area (Å²) in [6.07, 6.45) is 2.18. The number of carbonyl (C=O) groups is 1. The van der Waals surface area contributed by atoms with Gasteiger partial charge < -0.3 is 16.2 Å². The van der Waals surface area contributed by atoms with Gasteiger partial charge in [-0.1, -0.05) is 6.07 Å². The predicted octanol–water partition coefficient (Wildman–Crippen LogP) is 2.47. The number of aromatic nitrogens is 1. The molecule has 0 aliphatic rings. The molecule has 0 aliphatic carbocycles. The second kappa shape index (κ2) is 5.71. The van der Waals surface area contributed by atoms with Gasteiger partial charge in [0.1, 0.15) is 5.82 Å². The summed E-state index contributed by atoms with van der Waals surface area (Å²) in [5, 5.41) is 14.1. The minimum Gasteiger partial charge on any atom is -0.478 e. The topological polar surface area (TPSA) is 88.2 Å². The highest BCUT2D eigenvalue weighted by atomic mass is 32.1. The van der Waals surface area contributed by atoms with Crippen LogP contribution in [0.4, 0.5) is 11.5 Å². The van der Waals surface area contributed by atoms with Crippen molar-refractivity contribution in [3.8, 4) is 0 Å². The SMILES string of the molecule is CC(Cc1cccs1)Nc1ncc(C(=O)O)cc1N. The van der Waals surface area contributed by atoms with E-state index >= 15 is 0 Å². The number of hydrogen-bond acceptors (Lipinski definition) is 5. The van der Waals surface area contributed by atoms with E-state index in [1.807, 2.05) is 18.4 Å². The second-order valence-electron chi connectivity index (χ2n) is 4.30. The van der Waals surface area contributed by atoms with Crippen molar-refractivity contribution in [1.82, 2.24) is 4.98 Å². The monoisotopic (exact) mass is 277 g/mol. The normalized spacial score (nSPS) is 12.1. The van der Waals surface area contributed by atoms with Gasteiger partial charge in [-0.3, -0.25) is 0 Å². The van der Waals surface area contributed by atoms with Crippen LogP contribution in [0.1, 0.15) is 22.2 Å². The first-order chi connectivity index (χ1) is 9.06. The van der Waals surface area contributed by atoms with Gasteiger partial charge in [0.25, 0.3) is 0 Å². The maximum Gasteiger partial charge on any atom is 0.337 e. The fraction of sp³-hybridized carbons (Fsp3) is 0.231. The molecule has 2 aromatic rings. The molecule has 1 atom stereocenters. The highest BCUT2D eigenvalue weighted by Crippen LogP contribution is 2.19. The van der Waals surface area contributed by atoms with Gasteiger partial charge in [0.15, 0.2) is 0 Å². The summed E-state index contributed by atoms with van der Waals surface area (Å²) < 4.78 is 0. The Morgan fingerprint density at radius 3 is 3.00 bits per heavy atom. The van der Waals surface area contributed by atoms with Gasteiger partial charge in [-0.15, -0.1) is 11.3 Å². The zero-order chi connectivity index (χ0) is 13.8. The second-order valence-corrected chi connectivity index (χ2v) is 5.33. The molecule has 6 heteroatoms. The standard InChI is InChI=1S/C13H15N3O2S/c1-8(5-10-3-2-4-19-10)16-12-11(14)6-9(7-15-12)13(17)18/h2-4,6-8H,5,14H2,1H3,(H,15,16)(H,17,18). The zero-order valence-corrected chi connectivity index (χ0v) is 11.3. The number of carboxylic acids is 1. The van der Waals surface area contributed by atoms with Crippen LogP contribution in [0.2, 0.25) is 0 Å². The van der Waals surface area contributed by atoms with Crippen LogP contribution in [0.5, 0.6) is 0 Å². The molecule has 0 radical (unpaired) electrons. The lowest BCUT2D eigenvalue weighted by atomic mass is 10.2. The highest BCUT2D eigenvalue weighted by Gasteiger charge is 2.10. The van der Waals surface area contributed by atoms with E-state index in [1.165, 1.54) is 17.1 Å². The number of pyridine rings is 1. The van der Waals surface area contributed by atoms with Crippen LogP contribution in [0, 0.1) is 0 Å². The number of anilines is 2. The van der Waals surface area contributed by atoms with E-state index in [4.69, 9.17) is 10.8 Å². The number of carboxylic acid groups (broad SMARTS) is 1. The summed E-state index contributed by atoms with van der Waals surface area (Å²) in [6, 6.07) is 5.67. The first-order valence-corrected chi connectivity index (χ1v) is 6.72. The molecule has 0 amide bonds. The highest BCUT2D eigenvalue weighted by molar-refractivity contribution is 7.09. The molecule has 0 spiro atoms. The first-order valence-electron chi connectivity index (χ1n) is 5.84. The summed E-state index contributed by atoms with van der Waals surface area (Å²) in [7, 11) is 0. The fourth-order valence-electron chi connectivity index (χ4n) is 1.73. The minimum absolute atomic E-state index is 0.0916. The zero-order valence-electron chi connectivity index (χ0n) is 10.5. The van der Waals surface area contributed by atoms with Gasteiger partial charge in [0.2, 0.25) is 0 Å². The molecule has 19 heavy (non-hydrogen) atoms. The van der Waals surface area contributed by atoms with Gasteiger partial charge in [-0.2, -0.15) is 0 Å². The van der Waals surface area contributed by atoms with Gasteiger partial charge in [0, 0.05) is 23.5 Å². The minimum atomic E-state index is -1.03. The fourth-order valence-corrected chi connectivity index (χ4v) is 2.57. The number of thiophene rings is 1. The Balaban J connectivity index is 2.04. The molecule has 0 aromatic carbocycles. The molecule has 0 fully saturated rings. The Labute approximate surface area is 115 Å². The molecule has 5 nitrogen and oxygen atoms in total. The molecule has 2 aromatic heterocycles. The molecule has 2 rings (SSSR count). The third-order valence-electron chi connectivity index (χ3n) is 2.63. The van der Waals surface area contributed by atoms with Crippen LogP contribution in [0.3, 0.4) is 0 Å².